The van der Waals surface area contributed by atoms with Gasteiger partial charge in [-0.05, 0) is 5.56 Å². The molecule has 134 valence electrons. The van der Waals surface area contributed by atoms with Gasteiger partial charge in [0.15, 0.2) is 5.82 Å². The predicted molar refractivity (Wildman–Crippen MR) is 91.2 cm³/mol. The number of aryl methyl sites for hydroxylation is 1. The lowest BCUT2D eigenvalue weighted by Crippen LogP contribution is -2.25. The summed E-state index contributed by atoms with van der Waals surface area (Å²) in [7, 11) is 1.37. The highest BCUT2D eigenvalue weighted by atomic mass is 16.5. The normalized spacial score (nSPS) is 17.1. The zero-order valence-corrected chi connectivity index (χ0v) is 14.9. The van der Waals surface area contributed by atoms with Crippen LogP contribution >= 0.6 is 0 Å². The highest BCUT2D eigenvalue weighted by Crippen LogP contribution is 2.41. The van der Waals surface area contributed by atoms with Gasteiger partial charge in [0.1, 0.15) is 0 Å². The van der Waals surface area contributed by atoms with Crippen molar-refractivity contribution in [2.45, 2.75) is 51.5 Å². The van der Waals surface area contributed by atoms with Crippen LogP contribution in [0.25, 0.3) is 0 Å². The van der Waals surface area contributed by atoms with Crippen LogP contribution in [0, 0.1) is 0 Å². The molecule has 0 fully saturated rings. The molecule has 0 radical (unpaired) electrons. The smallest absolute Gasteiger partial charge is 0.307 e. The topological polar surface area (TPSA) is 102 Å². The fourth-order valence-electron chi connectivity index (χ4n) is 3.10. The summed E-state index contributed by atoms with van der Waals surface area (Å²) in [5, 5.41) is 14.5. The molecular weight excluding hydrogens is 322 g/mol. The molecule has 0 aliphatic carbocycles. The average Bonchev–Trinajstić information content (AvgIpc) is 3.17. The number of hydrogen-bond acceptors (Lipinski definition) is 5. The zero-order chi connectivity index (χ0) is 18.2. The predicted octanol–water partition coefficient (Wildman–Crippen LogP) is 1.94. The van der Waals surface area contributed by atoms with Gasteiger partial charge in [0.2, 0.25) is 5.91 Å². The molecular formula is C17H23N5O3. The number of methoxy groups -OCH3 is 1. The Hall–Kier alpha value is -2.64. The number of hydrogen-bond donors (Lipinski definition) is 2. The van der Waals surface area contributed by atoms with E-state index >= 15 is 0 Å². The van der Waals surface area contributed by atoms with Crippen molar-refractivity contribution in [3.05, 3.63) is 29.2 Å². The number of carbonyl (C=O) groups excluding carboxylic acids is 2. The minimum absolute atomic E-state index is 0.0632. The molecule has 2 aromatic heterocycles. The number of anilines is 1. The van der Waals surface area contributed by atoms with E-state index in [4.69, 9.17) is 0 Å². The Bertz CT molecular complexity index is 800. The maximum Gasteiger partial charge on any atom is 0.307 e. The van der Waals surface area contributed by atoms with Crippen molar-refractivity contribution in [1.82, 2.24) is 20.0 Å². The molecule has 8 heteroatoms. The van der Waals surface area contributed by atoms with Crippen molar-refractivity contribution in [1.29, 1.82) is 0 Å². The Kier molecular flexibility index (Phi) is 4.36. The fourth-order valence-corrected chi connectivity index (χ4v) is 3.10. The lowest BCUT2D eigenvalue weighted by molar-refractivity contribution is -0.140. The van der Waals surface area contributed by atoms with Crippen LogP contribution in [0.15, 0.2) is 12.4 Å². The molecule has 0 aromatic carbocycles. The Morgan fingerprint density at radius 2 is 2.20 bits per heavy atom. The molecule has 0 saturated heterocycles. The summed E-state index contributed by atoms with van der Waals surface area (Å²) in [6, 6.07) is 0. The zero-order valence-electron chi connectivity index (χ0n) is 14.9. The third kappa shape index (κ3) is 3.42. The van der Waals surface area contributed by atoms with Gasteiger partial charge < -0.3 is 10.1 Å². The first kappa shape index (κ1) is 17.2. The summed E-state index contributed by atoms with van der Waals surface area (Å²) in [4.78, 5) is 23.4. The van der Waals surface area contributed by atoms with Crippen molar-refractivity contribution < 1.29 is 14.3 Å². The standard InChI is InChI=1S/C17H23N5O3/c1-17(2,3)15-14-11(7-12(23)19-16(14)21-20-15)10-8-18-22(9-10)6-5-13(24)25-4/h8-9,11H,5-7H2,1-4H3,(H2,19,20,21,23)/t11-/m1/s1. The molecule has 0 unspecified atom stereocenters. The van der Waals surface area contributed by atoms with Crippen LogP contribution < -0.4 is 5.32 Å². The van der Waals surface area contributed by atoms with Crippen LogP contribution in [0.5, 0.6) is 0 Å². The van der Waals surface area contributed by atoms with E-state index in [9.17, 15) is 9.59 Å². The monoisotopic (exact) mass is 345 g/mol. The number of amides is 1. The number of nitrogens with one attached hydrogen (secondary N) is 2. The number of fused-ring (bicyclic) bond motifs is 1. The van der Waals surface area contributed by atoms with E-state index in [-0.39, 0.29) is 29.6 Å². The number of carbonyl (C=O) groups is 2. The largest absolute Gasteiger partial charge is 0.469 e. The van der Waals surface area contributed by atoms with Crippen molar-refractivity contribution >= 4 is 17.7 Å². The third-order valence-electron chi connectivity index (χ3n) is 4.38. The van der Waals surface area contributed by atoms with Crippen LogP contribution in [0.1, 0.15) is 56.4 Å². The molecule has 3 rings (SSSR count). The van der Waals surface area contributed by atoms with Gasteiger partial charge in [-0.1, -0.05) is 20.8 Å². The average molecular weight is 345 g/mol. The molecule has 0 spiro atoms. The van der Waals surface area contributed by atoms with E-state index in [1.807, 2.05) is 6.20 Å². The molecule has 3 heterocycles. The van der Waals surface area contributed by atoms with Gasteiger partial charge in [-0.25, -0.2) is 0 Å². The van der Waals surface area contributed by atoms with Gasteiger partial charge in [0, 0.05) is 35.2 Å². The summed E-state index contributed by atoms with van der Waals surface area (Å²) in [5.74, 6) is 0.144. The van der Waals surface area contributed by atoms with E-state index < -0.39 is 0 Å². The number of H-pyrrole nitrogens is 1. The van der Waals surface area contributed by atoms with Gasteiger partial charge in [0.25, 0.3) is 0 Å². The molecule has 0 bridgehead atoms. The summed E-state index contributed by atoms with van der Waals surface area (Å²) in [5.41, 5.74) is 2.84. The minimum atomic E-state index is -0.277. The summed E-state index contributed by atoms with van der Waals surface area (Å²) < 4.78 is 6.36. The minimum Gasteiger partial charge on any atom is -0.469 e. The van der Waals surface area contributed by atoms with Crippen molar-refractivity contribution in [3.8, 4) is 0 Å². The Morgan fingerprint density at radius 3 is 2.88 bits per heavy atom. The highest BCUT2D eigenvalue weighted by molar-refractivity contribution is 5.94. The molecule has 1 amide bonds. The third-order valence-corrected chi connectivity index (χ3v) is 4.38. The number of nitrogens with zero attached hydrogens (tertiary/aromatic N) is 3. The van der Waals surface area contributed by atoms with E-state index in [2.05, 4.69) is 46.1 Å². The molecule has 1 aliphatic heterocycles. The first-order valence-corrected chi connectivity index (χ1v) is 8.27. The maximum atomic E-state index is 12.1. The van der Waals surface area contributed by atoms with Crippen molar-refractivity contribution in [2.24, 2.45) is 0 Å². The van der Waals surface area contributed by atoms with Crippen LogP contribution in [0.2, 0.25) is 0 Å². The molecule has 2 aromatic rings. The first-order valence-electron chi connectivity index (χ1n) is 8.27. The van der Waals surface area contributed by atoms with E-state index in [1.54, 1.807) is 10.9 Å². The number of aromatic nitrogens is 4. The lowest BCUT2D eigenvalue weighted by Gasteiger charge is -2.26. The Balaban J connectivity index is 1.91. The summed E-state index contributed by atoms with van der Waals surface area (Å²) >= 11 is 0. The maximum absolute atomic E-state index is 12.1. The quantitative estimate of drug-likeness (QED) is 0.825. The molecule has 1 aliphatic rings. The van der Waals surface area contributed by atoms with Gasteiger partial charge in [-0.3, -0.25) is 19.4 Å². The second kappa shape index (κ2) is 6.34. The fraction of sp³-hybridized carbons (Fsp3) is 0.529. The molecule has 25 heavy (non-hydrogen) atoms. The SMILES string of the molecule is COC(=O)CCn1cc([C@H]2CC(=O)Nc3n[nH]c(C(C)(C)C)c32)cn1. The van der Waals surface area contributed by atoms with E-state index in [0.29, 0.717) is 18.8 Å². The highest BCUT2D eigenvalue weighted by Gasteiger charge is 2.35. The van der Waals surface area contributed by atoms with Gasteiger partial charge >= 0.3 is 5.97 Å². The van der Waals surface area contributed by atoms with Crippen LogP contribution in [-0.2, 0) is 26.3 Å². The van der Waals surface area contributed by atoms with Crippen molar-refractivity contribution in [2.75, 3.05) is 12.4 Å². The summed E-state index contributed by atoms with van der Waals surface area (Å²) in [6.07, 6.45) is 4.24. The number of aromatic amines is 1. The number of rotatable bonds is 4. The van der Waals surface area contributed by atoms with Crippen LogP contribution in [-0.4, -0.2) is 39.0 Å². The molecule has 0 saturated carbocycles. The summed E-state index contributed by atoms with van der Waals surface area (Å²) in [6.45, 7) is 6.76. The van der Waals surface area contributed by atoms with Gasteiger partial charge in [-0.15, -0.1) is 0 Å². The van der Waals surface area contributed by atoms with Gasteiger partial charge in [-0.2, -0.15) is 10.2 Å². The second-order valence-corrected chi connectivity index (χ2v) is 7.28. The van der Waals surface area contributed by atoms with E-state index in [0.717, 1.165) is 16.8 Å². The Morgan fingerprint density at radius 1 is 1.44 bits per heavy atom. The van der Waals surface area contributed by atoms with Crippen LogP contribution in [0.3, 0.4) is 0 Å². The first-order chi connectivity index (χ1) is 11.8. The Labute approximate surface area is 145 Å². The molecule has 2 N–H and O–H groups in total. The molecule has 1 atom stereocenters. The van der Waals surface area contributed by atoms with Crippen LogP contribution in [0.4, 0.5) is 5.82 Å². The van der Waals surface area contributed by atoms with Gasteiger partial charge in [0.05, 0.1) is 26.3 Å². The van der Waals surface area contributed by atoms with Crippen molar-refractivity contribution in [3.63, 3.8) is 0 Å². The number of ether oxygens (including phenoxy) is 1. The van der Waals surface area contributed by atoms with E-state index in [1.165, 1.54) is 7.11 Å². The molecule has 8 nitrogen and oxygen atoms in total. The lowest BCUT2D eigenvalue weighted by atomic mass is 9.80. The second-order valence-electron chi connectivity index (χ2n) is 7.28. The number of esters is 1.